The summed E-state index contributed by atoms with van der Waals surface area (Å²) in [5.74, 6) is 0. The third-order valence-electron chi connectivity index (χ3n) is 4.02. The third kappa shape index (κ3) is 3.51. The Morgan fingerprint density at radius 3 is 2.80 bits per heavy atom. The van der Waals surface area contributed by atoms with Crippen LogP contribution in [0.1, 0.15) is 31.7 Å². The van der Waals surface area contributed by atoms with Gasteiger partial charge in [0, 0.05) is 18.5 Å². The van der Waals surface area contributed by atoms with Crippen molar-refractivity contribution in [3.05, 3.63) is 35.9 Å². The van der Waals surface area contributed by atoms with Gasteiger partial charge in [0.05, 0.1) is 6.61 Å². The van der Waals surface area contributed by atoms with E-state index in [2.05, 4.69) is 6.92 Å². The molecule has 0 aliphatic carbocycles. The van der Waals surface area contributed by atoms with E-state index >= 15 is 0 Å². The Hall–Kier alpha value is -1.55. The van der Waals surface area contributed by atoms with Crippen molar-refractivity contribution < 1.29 is 14.6 Å². The molecule has 1 aromatic carbocycles. The van der Waals surface area contributed by atoms with Crippen molar-refractivity contribution in [3.63, 3.8) is 0 Å². The van der Waals surface area contributed by atoms with Crippen LogP contribution in [0, 0.1) is 5.41 Å². The van der Waals surface area contributed by atoms with Crippen LogP contribution in [0.15, 0.2) is 30.3 Å². The first-order valence-electron chi connectivity index (χ1n) is 7.25. The Labute approximate surface area is 120 Å². The average molecular weight is 277 g/mol. The number of aliphatic hydroxyl groups is 1. The Morgan fingerprint density at radius 1 is 1.40 bits per heavy atom. The molecule has 4 nitrogen and oxygen atoms in total. The molecule has 1 atom stereocenters. The standard InChI is InChI=1S/C16H23NO3/c1-2-8-16(13-18)9-10-17(12-16)15(19)20-11-14-6-4-3-5-7-14/h3-7,18H,2,8-13H2,1H3. The highest BCUT2D eigenvalue weighted by atomic mass is 16.6. The van der Waals surface area contributed by atoms with Gasteiger partial charge in [-0.1, -0.05) is 43.7 Å². The number of benzene rings is 1. The zero-order valence-corrected chi connectivity index (χ0v) is 12.0. The summed E-state index contributed by atoms with van der Waals surface area (Å²) < 4.78 is 5.33. The first kappa shape index (κ1) is 14.9. The summed E-state index contributed by atoms with van der Waals surface area (Å²) in [7, 11) is 0. The summed E-state index contributed by atoms with van der Waals surface area (Å²) in [4.78, 5) is 13.8. The minimum Gasteiger partial charge on any atom is -0.445 e. The molecule has 1 aromatic rings. The van der Waals surface area contributed by atoms with E-state index < -0.39 is 0 Å². The minimum absolute atomic E-state index is 0.124. The van der Waals surface area contributed by atoms with Crippen LogP contribution in [0.5, 0.6) is 0 Å². The van der Waals surface area contributed by atoms with Crippen LogP contribution >= 0.6 is 0 Å². The highest BCUT2D eigenvalue weighted by Crippen LogP contribution is 2.34. The molecule has 0 aromatic heterocycles. The largest absolute Gasteiger partial charge is 0.445 e. The van der Waals surface area contributed by atoms with E-state index in [1.165, 1.54) is 0 Å². The second kappa shape index (κ2) is 6.75. The zero-order chi connectivity index (χ0) is 14.4. The number of amides is 1. The summed E-state index contributed by atoms with van der Waals surface area (Å²) in [5.41, 5.74) is 0.864. The maximum Gasteiger partial charge on any atom is 0.410 e. The SMILES string of the molecule is CCCC1(CO)CCN(C(=O)OCc2ccccc2)C1. The van der Waals surface area contributed by atoms with Crippen molar-refractivity contribution in [2.45, 2.75) is 32.8 Å². The van der Waals surface area contributed by atoms with Gasteiger partial charge in [-0.25, -0.2) is 4.79 Å². The maximum atomic E-state index is 12.0. The van der Waals surface area contributed by atoms with E-state index in [-0.39, 0.29) is 18.1 Å². The van der Waals surface area contributed by atoms with Crippen LogP contribution in [0.4, 0.5) is 4.79 Å². The Bertz CT molecular complexity index is 435. The molecule has 0 bridgehead atoms. The number of aliphatic hydroxyl groups excluding tert-OH is 1. The number of hydrogen-bond donors (Lipinski definition) is 1. The predicted octanol–water partition coefficient (Wildman–Crippen LogP) is 2.81. The summed E-state index contributed by atoms with van der Waals surface area (Å²) in [6.07, 6.45) is 2.55. The minimum atomic E-state index is -0.278. The molecule has 1 heterocycles. The molecular weight excluding hydrogens is 254 g/mol. The normalized spacial score (nSPS) is 22.0. The number of rotatable bonds is 5. The summed E-state index contributed by atoms with van der Waals surface area (Å²) >= 11 is 0. The van der Waals surface area contributed by atoms with Crippen molar-refractivity contribution >= 4 is 6.09 Å². The number of ether oxygens (including phenoxy) is 1. The van der Waals surface area contributed by atoms with Crippen LogP contribution in [0.2, 0.25) is 0 Å². The summed E-state index contributed by atoms with van der Waals surface area (Å²) in [5, 5.41) is 9.58. The van der Waals surface area contributed by atoms with Crippen LogP contribution < -0.4 is 0 Å². The van der Waals surface area contributed by atoms with Crippen molar-refractivity contribution in [1.29, 1.82) is 0 Å². The number of hydrogen-bond acceptors (Lipinski definition) is 3. The van der Waals surface area contributed by atoms with E-state index in [9.17, 15) is 9.90 Å². The molecule has 20 heavy (non-hydrogen) atoms. The lowest BCUT2D eigenvalue weighted by Crippen LogP contribution is -2.34. The van der Waals surface area contributed by atoms with E-state index in [0.29, 0.717) is 19.7 Å². The van der Waals surface area contributed by atoms with Crippen LogP contribution in [-0.2, 0) is 11.3 Å². The number of nitrogens with zero attached hydrogens (tertiary/aromatic N) is 1. The average Bonchev–Trinajstić information content (AvgIpc) is 2.91. The molecule has 0 spiro atoms. The first-order valence-corrected chi connectivity index (χ1v) is 7.25. The number of carbonyl (C=O) groups is 1. The second-order valence-corrected chi connectivity index (χ2v) is 5.62. The molecule has 1 fully saturated rings. The molecule has 110 valence electrons. The quantitative estimate of drug-likeness (QED) is 0.900. The van der Waals surface area contributed by atoms with Gasteiger partial charge in [0.2, 0.25) is 0 Å². The Balaban J connectivity index is 1.85. The van der Waals surface area contributed by atoms with Gasteiger partial charge in [-0.2, -0.15) is 0 Å². The smallest absolute Gasteiger partial charge is 0.410 e. The van der Waals surface area contributed by atoms with Crippen LogP contribution in [-0.4, -0.2) is 35.8 Å². The van der Waals surface area contributed by atoms with Gasteiger partial charge in [0.25, 0.3) is 0 Å². The topological polar surface area (TPSA) is 49.8 Å². The molecule has 1 aliphatic heterocycles. The lowest BCUT2D eigenvalue weighted by Gasteiger charge is -2.26. The monoisotopic (exact) mass is 277 g/mol. The molecule has 2 rings (SSSR count). The van der Waals surface area contributed by atoms with E-state index in [1.807, 2.05) is 30.3 Å². The fraction of sp³-hybridized carbons (Fsp3) is 0.562. The summed E-state index contributed by atoms with van der Waals surface area (Å²) in [6, 6.07) is 9.67. The Kier molecular flexibility index (Phi) is 5.01. The van der Waals surface area contributed by atoms with Gasteiger partial charge < -0.3 is 14.7 Å². The van der Waals surface area contributed by atoms with Crippen molar-refractivity contribution in [2.75, 3.05) is 19.7 Å². The van der Waals surface area contributed by atoms with Gasteiger partial charge in [-0.3, -0.25) is 0 Å². The molecular formula is C16H23NO3. The molecule has 1 N–H and O–H groups in total. The zero-order valence-electron chi connectivity index (χ0n) is 12.0. The number of carbonyl (C=O) groups excluding carboxylic acids is 1. The molecule has 0 saturated carbocycles. The van der Waals surface area contributed by atoms with Crippen molar-refractivity contribution in [1.82, 2.24) is 4.90 Å². The highest BCUT2D eigenvalue weighted by Gasteiger charge is 2.39. The van der Waals surface area contributed by atoms with E-state index in [0.717, 1.165) is 24.8 Å². The van der Waals surface area contributed by atoms with Gasteiger partial charge in [0.15, 0.2) is 0 Å². The lowest BCUT2D eigenvalue weighted by atomic mass is 9.83. The van der Waals surface area contributed by atoms with E-state index in [4.69, 9.17) is 4.74 Å². The fourth-order valence-electron chi connectivity index (χ4n) is 2.84. The number of likely N-dealkylation sites (tertiary alicyclic amines) is 1. The predicted molar refractivity (Wildman–Crippen MR) is 77.2 cm³/mol. The molecule has 1 aliphatic rings. The molecule has 0 radical (unpaired) electrons. The van der Waals surface area contributed by atoms with Gasteiger partial charge in [-0.15, -0.1) is 0 Å². The summed E-state index contributed by atoms with van der Waals surface area (Å²) in [6.45, 7) is 3.83. The third-order valence-corrected chi connectivity index (χ3v) is 4.02. The molecule has 1 saturated heterocycles. The highest BCUT2D eigenvalue weighted by molar-refractivity contribution is 5.68. The van der Waals surface area contributed by atoms with Gasteiger partial charge in [-0.05, 0) is 18.4 Å². The molecule has 4 heteroatoms. The lowest BCUT2D eigenvalue weighted by molar-refractivity contribution is 0.0869. The fourth-order valence-corrected chi connectivity index (χ4v) is 2.84. The molecule has 1 amide bonds. The molecule has 1 unspecified atom stereocenters. The second-order valence-electron chi connectivity index (χ2n) is 5.62. The first-order chi connectivity index (χ1) is 9.69. The van der Waals surface area contributed by atoms with Gasteiger partial charge >= 0.3 is 6.09 Å². The Morgan fingerprint density at radius 2 is 2.15 bits per heavy atom. The maximum absolute atomic E-state index is 12.0. The van der Waals surface area contributed by atoms with Gasteiger partial charge in [0.1, 0.15) is 6.61 Å². The van der Waals surface area contributed by atoms with E-state index in [1.54, 1.807) is 4.90 Å². The van der Waals surface area contributed by atoms with Crippen LogP contribution in [0.25, 0.3) is 0 Å². The van der Waals surface area contributed by atoms with Crippen molar-refractivity contribution in [2.24, 2.45) is 5.41 Å². The van der Waals surface area contributed by atoms with Crippen LogP contribution in [0.3, 0.4) is 0 Å². The van der Waals surface area contributed by atoms with Crippen molar-refractivity contribution in [3.8, 4) is 0 Å².